The first-order chi connectivity index (χ1) is 8.90. The molecule has 3 rings (SSSR count). The van der Waals surface area contributed by atoms with E-state index in [4.69, 9.17) is 9.47 Å². The molecule has 2 heterocycles. The summed E-state index contributed by atoms with van der Waals surface area (Å²) in [6.07, 6.45) is 7.17. The van der Waals surface area contributed by atoms with Crippen molar-refractivity contribution >= 4 is 0 Å². The minimum Gasteiger partial charge on any atom is -0.474 e. The fourth-order valence-electron chi connectivity index (χ4n) is 2.52. The third kappa shape index (κ3) is 3.00. The van der Waals surface area contributed by atoms with Gasteiger partial charge in [0.15, 0.2) is 0 Å². The predicted octanol–water partition coefficient (Wildman–Crippen LogP) is 1.76. The van der Waals surface area contributed by atoms with Crippen LogP contribution in [-0.2, 0) is 4.74 Å². The molecule has 98 valence electrons. The molecule has 4 nitrogen and oxygen atoms in total. The summed E-state index contributed by atoms with van der Waals surface area (Å²) in [5, 5.41) is 3.35. The molecule has 0 radical (unpaired) electrons. The molecule has 0 unspecified atom stereocenters. The van der Waals surface area contributed by atoms with Gasteiger partial charge in [0.05, 0.1) is 12.2 Å². The normalized spacial score (nSPS) is 28.7. The summed E-state index contributed by atoms with van der Waals surface area (Å²) < 4.78 is 11.8. The van der Waals surface area contributed by atoms with E-state index in [-0.39, 0.29) is 6.10 Å². The lowest BCUT2D eigenvalue weighted by Crippen LogP contribution is -2.43. The van der Waals surface area contributed by atoms with Crippen LogP contribution in [0.3, 0.4) is 0 Å². The molecule has 0 amide bonds. The second-order valence-corrected chi connectivity index (χ2v) is 5.09. The Morgan fingerprint density at radius 2 is 1.89 bits per heavy atom. The van der Waals surface area contributed by atoms with Crippen LogP contribution in [0, 0.1) is 0 Å². The zero-order valence-corrected chi connectivity index (χ0v) is 10.5. The van der Waals surface area contributed by atoms with Gasteiger partial charge in [0.1, 0.15) is 6.10 Å². The van der Waals surface area contributed by atoms with E-state index in [2.05, 4.69) is 10.3 Å². The number of piperidine rings is 1. The monoisotopic (exact) mass is 248 g/mol. The third-order valence-corrected chi connectivity index (χ3v) is 3.65. The number of rotatable bonds is 4. The van der Waals surface area contributed by atoms with Crippen LogP contribution in [0.2, 0.25) is 0 Å². The van der Waals surface area contributed by atoms with Crippen LogP contribution in [0.5, 0.6) is 5.88 Å². The highest BCUT2D eigenvalue weighted by molar-refractivity contribution is 5.10. The molecule has 4 heteroatoms. The van der Waals surface area contributed by atoms with Crippen LogP contribution in [0.1, 0.15) is 25.7 Å². The molecular formula is C14H20N2O2. The molecular weight excluding hydrogens is 228 g/mol. The fourth-order valence-corrected chi connectivity index (χ4v) is 2.52. The molecule has 1 N–H and O–H groups in total. The topological polar surface area (TPSA) is 43.4 Å². The van der Waals surface area contributed by atoms with Gasteiger partial charge in [0.25, 0.3) is 0 Å². The Bertz CT molecular complexity index is 359. The van der Waals surface area contributed by atoms with Gasteiger partial charge in [-0.15, -0.1) is 0 Å². The number of hydrogen-bond acceptors (Lipinski definition) is 4. The Morgan fingerprint density at radius 1 is 1.06 bits per heavy atom. The van der Waals surface area contributed by atoms with Crippen LogP contribution in [-0.4, -0.2) is 36.4 Å². The lowest BCUT2D eigenvalue weighted by Gasteiger charge is -2.38. The Labute approximate surface area is 108 Å². The largest absolute Gasteiger partial charge is 0.474 e. The summed E-state index contributed by atoms with van der Waals surface area (Å²) in [5.41, 5.74) is 0. The molecule has 1 aromatic heterocycles. The minimum atomic E-state index is 0.284. The van der Waals surface area contributed by atoms with Crippen molar-refractivity contribution in [1.29, 1.82) is 0 Å². The van der Waals surface area contributed by atoms with Gasteiger partial charge >= 0.3 is 0 Å². The van der Waals surface area contributed by atoms with Gasteiger partial charge in [-0.05, 0) is 32.0 Å². The zero-order valence-electron chi connectivity index (χ0n) is 10.5. The highest BCUT2D eigenvalue weighted by Crippen LogP contribution is 2.29. The maximum atomic E-state index is 6.05. The van der Waals surface area contributed by atoms with E-state index in [1.165, 1.54) is 0 Å². The first-order valence-electron chi connectivity index (χ1n) is 6.84. The summed E-state index contributed by atoms with van der Waals surface area (Å²) in [6.45, 7) is 2.18. The summed E-state index contributed by atoms with van der Waals surface area (Å²) in [4.78, 5) is 4.17. The smallest absolute Gasteiger partial charge is 0.213 e. The first-order valence-corrected chi connectivity index (χ1v) is 6.84. The number of aromatic nitrogens is 1. The highest BCUT2D eigenvalue weighted by Gasteiger charge is 2.34. The number of nitrogens with zero attached hydrogens (tertiary/aromatic N) is 1. The van der Waals surface area contributed by atoms with Crippen molar-refractivity contribution in [2.75, 3.05) is 13.1 Å². The second kappa shape index (κ2) is 5.67. The van der Waals surface area contributed by atoms with Crippen molar-refractivity contribution in [3.63, 3.8) is 0 Å². The van der Waals surface area contributed by atoms with E-state index in [0.29, 0.717) is 12.2 Å². The van der Waals surface area contributed by atoms with Gasteiger partial charge in [-0.1, -0.05) is 6.07 Å². The van der Waals surface area contributed by atoms with E-state index in [1.807, 2.05) is 18.2 Å². The molecule has 1 saturated heterocycles. The number of hydrogen-bond donors (Lipinski definition) is 1. The van der Waals surface area contributed by atoms with Gasteiger partial charge in [0, 0.05) is 25.1 Å². The van der Waals surface area contributed by atoms with Crippen LogP contribution in [0.25, 0.3) is 0 Å². The third-order valence-electron chi connectivity index (χ3n) is 3.65. The predicted molar refractivity (Wildman–Crippen MR) is 68.7 cm³/mol. The summed E-state index contributed by atoms with van der Waals surface area (Å²) in [6, 6.07) is 5.75. The molecule has 1 aliphatic carbocycles. The van der Waals surface area contributed by atoms with E-state index in [1.54, 1.807) is 6.20 Å². The van der Waals surface area contributed by atoms with Crippen molar-refractivity contribution in [1.82, 2.24) is 10.3 Å². The van der Waals surface area contributed by atoms with E-state index < -0.39 is 0 Å². The summed E-state index contributed by atoms with van der Waals surface area (Å²) >= 11 is 0. The van der Waals surface area contributed by atoms with Crippen molar-refractivity contribution in [2.24, 2.45) is 0 Å². The van der Waals surface area contributed by atoms with Gasteiger partial charge in [-0.3, -0.25) is 0 Å². The van der Waals surface area contributed by atoms with E-state index in [0.717, 1.165) is 44.7 Å². The molecule has 2 aliphatic rings. The number of ether oxygens (including phenoxy) is 2. The van der Waals surface area contributed by atoms with Crippen LogP contribution in [0.15, 0.2) is 24.4 Å². The summed E-state index contributed by atoms with van der Waals surface area (Å²) in [7, 11) is 0. The van der Waals surface area contributed by atoms with Gasteiger partial charge in [-0.25, -0.2) is 4.98 Å². The Morgan fingerprint density at radius 3 is 2.61 bits per heavy atom. The van der Waals surface area contributed by atoms with Crippen molar-refractivity contribution < 1.29 is 9.47 Å². The number of nitrogens with one attached hydrogen (secondary N) is 1. The fraction of sp³-hybridized carbons (Fsp3) is 0.643. The molecule has 0 aromatic carbocycles. The Balaban J connectivity index is 1.38. The maximum Gasteiger partial charge on any atom is 0.213 e. The second-order valence-electron chi connectivity index (χ2n) is 5.09. The minimum absolute atomic E-state index is 0.284. The van der Waals surface area contributed by atoms with Crippen LogP contribution in [0.4, 0.5) is 0 Å². The lowest BCUT2D eigenvalue weighted by atomic mass is 9.91. The van der Waals surface area contributed by atoms with Crippen LogP contribution < -0.4 is 10.1 Å². The highest BCUT2D eigenvalue weighted by atomic mass is 16.5. The maximum absolute atomic E-state index is 6.05. The quantitative estimate of drug-likeness (QED) is 0.881. The van der Waals surface area contributed by atoms with E-state index >= 15 is 0 Å². The first kappa shape index (κ1) is 11.9. The Hall–Kier alpha value is -1.13. The average molecular weight is 248 g/mol. The molecule has 0 bridgehead atoms. The van der Waals surface area contributed by atoms with Gasteiger partial charge in [0.2, 0.25) is 5.88 Å². The summed E-state index contributed by atoms with van der Waals surface area (Å²) in [5.74, 6) is 0.725. The molecule has 18 heavy (non-hydrogen) atoms. The molecule has 2 fully saturated rings. The van der Waals surface area contributed by atoms with Crippen molar-refractivity contribution in [3.8, 4) is 5.88 Å². The SMILES string of the molecule is c1ccc(OC2CC(OC3CCNCC3)C2)nc1. The molecule has 1 aromatic rings. The molecule has 0 spiro atoms. The standard InChI is InChI=1S/C14H20N2O2/c1-2-6-16-14(3-1)18-13-9-12(10-13)17-11-4-7-15-8-5-11/h1-3,6,11-13,15H,4-5,7-10H2. The van der Waals surface area contributed by atoms with Crippen molar-refractivity contribution in [3.05, 3.63) is 24.4 Å². The van der Waals surface area contributed by atoms with Crippen LogP contribution >= 0.6 is 0 Å². The number of pyridine rings is 1. The van der Waals surface area contributed by atoms with Crippen molar-refractivity contribution in [2.45, 2.75) is 44.0 Å². The van der Waals surface area contributed by atoms with Gasteiger partial charge in [-0.2, -0.15) is 0 Å². The molecule has 0 atom stereocenters. The van der Waals surface area contributed by atoms with E-state index in [9.17, 15) is 0 Å². The van der Waals surface area contributed by atoms with Gasteiger partial charge < -0.3 is 14.8 Å². The molecule has 1 aliphatic heterocycles. The Kier molecular flexibility index (Phi) is 3.76. The average Bonchev–Trinajstić information content (AvgIpc) is 2.39. The zero-order chi connectivity index (χ0) is 12.2. The molecule has 1 saturated carbocycles. The lowest BCUT2D eigenvalue weighted by molar-refractivity contribution is -0.103.